The number of likely N-dealkylation sites (tertiary alicyclic amines) is 1. The van der Waals surface area contributed by atoms with Crippen molar-refractivity contribution < 1.29 is 0 Å². The summed E-state index contributed by atoms with van der Waals surface area (Å²) in [6, 6.07) is 2.08. The van der Waals surface area contributed by atoms with Crippen molar-refractivity contribution in [1.29, 1.82) is 0 Å². The molecule has 1 heterocycles. The van der Waals surface area contributed by atoms with Gasteiger partial charge in [0.05, 0.1) is 0 Å². The fraction of sp³-hybridized carbons (Fsp3) is 1.00. The summed E-state index contributed by atoms with van der Waals surface area (Å²) in [5, 5.41) is 3.94. The van der Waals surface area contributed by atoms with E-state index >= 15 is 0 Å². The van der Waals surface area contributed by atoms with Gasteiger partial charge in [-0.3, -0.25) is 0 Å². The van der Waals surface area contributed by atoms with Crippen molar-refractivity contribution in [3.8, 4) is 0 Å². The number of hydrogen-bond acceptors (Lipinski definition) is 3. The highest BCUT2D eigenvalue weighted by atomic mass is 15.2. The lowest BCUT2D eigenvalue weighted by Gasteiger charge is -2.50. The summed E-state index contributed by atoms with van der Waals surface area (Å²) in [5.41, 5.74) is 0. The molecule has 3 nitrogen and oxygen atoms in total. The molecular formula is C16H33N3. The summed E-state index contributed by atoms with van der Waals surface area (Å²) in [4.78, 5) is 4.99. The van der Waals surface area contributed by atoms with E-state index in [4.69, 9.17) is 0 Å². The van der Waals surface area contributed by atoms with E-state index in [-0.39, 0.29) is 0 Å². The van der Waals surface area contributed by atoms with Crippen LogP contribution in [0.4, 0.5) is 0 Å². The molecule has 2 rings (SSSR count). The van der Waals surface area contributed by atoms with Crippen molar-refractivity contribution in [2.75, 3.05) is 33.7 Å². The molecule has 1 aliphatic heterocycles. The molecule has 0 aromatic rings. The van der Waals surface area contributed by atoms with Crippen LogP contribution in [0.1, 0.15) is 40.0 Å². The van der Waals surface area contributed by atoms with E-state index in [9.17, 15) is 0 Å². The van der Waals surface area contributed by atoms with Gasteiger partial charge in [0.1, 0.15) is 0 Å². The third-order valence-corrected chi connectivity index (χ3v) is 4.95. The molecule has 3 atom stereocenters. The summed E-state index contributed by atoms with van der Waals surface area (Å²) in [5.74, 6) is 1.75. The van der Waals surface area contributed by atoms with Gasteiger partial charge in [0.15, 0.2) is 0 Å². The van der Waals surface area contributed by atoms with Gasteiger partial charge in [-0.15, -0.1) is 0 Å². The van der Waals surface area contributed by atoms with Crippen molar-refractivity contribution >= 4 is 0 Å². The van der Waals surface area contributed by atoms with Crippen molar-refractivity contribution in [2.45, 2.75) is 58.2 Å². The van der Waals surface area contributed by atoms with Crippen LogP contribution in [0.3, 0.4) is 0 Å². The van der Waals surface area contributed by atoms with Gasteiger partial charge < -0.3 is 15.1 Å². The molecule has 0 spiro atoms. The lowest BCUT2D eigenvalue weighted by Crippen LogP contribution is -2.60. The minimum Gasteiger partial charge on any atom is -0.310 e. The first-order valence-electron chi connectivity index (χ1n) is 8.12. The molecule has 2 bridgehead atoms. The standard InChI is InChI=1S/C16H33N3/c1-12(2)19-10-14-7-6-8-15(11-19)16(14)17-13(3)9-18(4)5/h12-17H,6-11H2,1-5H3. The van der Waals surface area contributed by atoms with Crippen LogP contribution in [-0.2, 0) is 0 Å². The fourth-order valence-corrected chi connectivity index (χ4v) is 4.10. The Labute approximate surface area is 119 Å². The Morgan fingerprint density at radius 1 is 1.11 bits per heavy atom. The molecule has 1 saturated heterocycles. The second kappa shape index (κ2) is 6.55. The molecule has 1 saturated carbocycles. The quantitative estimate of drug-likeness (QED) is 0.822. The molecule has 19 heavy (non-hydrogen) atoms. The predicted molar refractivity (Wildman–Crippen MR) is 82.5 cm³/mol. The Balaban J connectivity index is 1.94. The Bertz CT molecular complexity index is 263. The maximum absolute atomic E-state index is 3.94. The lowest BCUT2D eigenvalue weighted by atomic mass is 9.73. The van der Waals surface area contributed by atoms with Gasteiger partial charge in [0, 0.05) is 37.8 Å². The minimum absolute atomic E-state index is 0.605. The molecule has 1 aliphatic carbocycles. The molecule has 2 fully saturated rings. The summed E-state index contributed by atoms with van der Waals surface area (Å²) in [6.07, 6.45) is 4.29. The van der Waals surface area contributed by atoms with Crippen LogP contribution in [0.2, 0.25) is 0 Å². The van der Waals surface area contributed by atoms with Crippen LogP contribution >= 0.6 is 0 Å². The second-order valence-electron chi connectivity index (χ2n) is 7.35. The van der Waals surface area contributed by atoms with Crippen LogP contribution in [0.5, 0.6) is 0 Å². The van der Waals surface area contributed by atoms with Crippen molar-refractivity contribution in [3.63, 3.8) is 0 Å². The van der Waals surface area contributed by atoms with E-state index in [0.29, 0.717) is 12.1 Å². The molecule has 0 aromatic heterocycles. The van der Waals surface area contributed by atoms with E-state index in [1.165, 1.54) is 32.4 Å². The molecule has 0 radical (unpaired) electrons. The highest BCUT2D eigenvalue weighted by Gasteiger charge is 2.40. The van der Waals surface area contributed by atoms with Crippen LogP contribution in [-0.4, -0.2) is 61.7 Å². The SMILES string of the molecule is CC(CN(C)C)NC1C2CCCC1CN(C(C)C)C2. The molecular weight excluding hydrogens is 234 g/mol. The summed E-state index contributed by atoms with van der Waals surface area (Å²) >= 11 is 0. The number of likely N-dealkylation sites (N-methyl/N-ethyl adjacent to an activating group) is 1. The van der Waals surface area contributed by atoms with Gasteiger partial charge in [-0.25, -0.2) is 0 Å². The maximum atomic E-state index is 3.94. The smallest absolute Gasteiger partial charge is 0.0169 e. The first kappa shape index (κ1) is 15.3. The van der Waals surface area contributed by atoms with Gasteiger partial charge in [0.2, 0.25) is 0 Å². The second-order valence-corrected chi connectivity index (χ2v) is 7.35. The van der Waals surface area contributed by atoms with Crippen molar-refractivity contribution in [2.24, 2.45) is 11.8 Å². The molecule has 2 aliphatic rings. The van der Waals surface area contributed by atoms with Crippen LogP contribution < -0.4 is 5.32 Å². The number of nitrogens with one attached hydrogen (secondary N) is 1. The topological polar surface area (TPSA) is 18.5 Å². The van der Waals surface area contributed by atoms with E-state index in [2.05, 4.69) is 50.0 Å². The third-order valence-electron chi connectivity index (χ3n) is 4.95. The number of piperidine rings is 1. The minimum atomic E-state index is 0.605. The molecule has 1 N–H and O–H groups in total. The number of rotatable bonds is 5. The Morgan fingerprint density at radius 3 is 2.16 bits per heavy atom. The zero-order chi connectivity index (χ0) is 14.0. The van der Waals surface area contributed by atoms with Crippen LogP contribution in [0.15, 0.2) is 0 Å². The Hall–Kier alpha value is -0.120. The van der Waals surface area contributed by atoms with E-state index < -0.39 is 0 Å². The van der Waals surface area contributed by atoms with Crippen LogP contribution in [0.25, 0.3) is 0 Å². The van der Waals surface area contributed by atoms with Crippen LogP contribution in [0, 0.1) is 11.8 Å². The average Bonchev–Trinajstić information content (AvgIpc) is 2.26. The normalized spacial score (nSPS) is 33.9. The number of nitrogens with zero attached hydrogens (tertiary/aromatic N) is 2. The molecule has 0 amide bonds. The predicted octanol–water partition coefficient (Wildman–Crippen LogP) is 2.03. The van der Waals surface area contributed by atoms with E-state index in [1.807, 2.05) is 0 Å². The molecule has 112 valence electrons. The number of hydrogen-bond donors (Lipinski definition) is 1. The first-order chi connectivity index (χ1) is 8.97. The van der Waals surface area contributed by atoms with Gasteiger partial charge in [-0.1, -0.05) is 6.42 Å². The molecule has 0 aromatic carbocycles. The van der Waals surface area contributed by atoms with Gasteiger partial charge in [-0.05, 0) is 59.5 Å². The Morgan fingerprint density at radius 2 is 1.68 bits per heavy atom. The van der Waals surface area contributed by atoms with Gasteiger partial charge >= 0.3 is 0 Å². The Kier molecular flexibility index (Phi) is 5.27. The first-order valence-corrected chi connectivity index (χ1v) is 8.12. The molecule has 3 unspecified atom stereocenters. The summed E-state index contributed by atoms with van der Waals surface area (Å²) < 4.78 is 0. The summed E-state index contributed by atoms with van der Waals surface area (Å²) in [7, 11) is 4.33. The number of fused-ring (bicyclic) bond motifs is 2. The summed E-state index contributed by atoms with van der Waals surface area (Å²) in [6.45, 7) is 10.8. The zero-order valence-corrected chi connectivity index (χ0v) is 13.5. The van der Waals surface area contributed by atoms with E-state index in [0.717, 1.165) is 24.4 Å². The zero-order valence-electron chi connectivity index (χ0n) is 13.5. The lowest BCUT2D eigenvalue weighted by molar-refractivity contribution is 0.0246. The third kappa shape index (κ3) is 3.93. The van der Waals surface area contributed by atoms with Crippen molar-refractivity contribution in [1.82, 2.24) is 15.1 Å². The van der Waals surface area contributed by atoms with Gasteiger partial charge in [-0.2, -0.15) is 0 Å². The maximum Gasteiger partial charge on any atom is 0.0169 e. The average molecular weight is 267 g/mol. The molecule has 3 heteroatoms. The monoisotopic (exact) mass is 267 g/mol. The van der Waals surface area contributed by atoms with Crippen molar-refractivity contribution in [3.05, 3.63) is 0 Å². The highest BCUT2D eigenvalue weighted by Crippen LogP contribution is 2.35. The largest absolute Gasteiger partial charge is 0.310 e. The van der Waals surface area contributed by atoms with E-state index in [1.54, 1.807) is 0 Å². The highest BCUT2D eigenvalue weighted by molar-refractivity contribution is 4.96. The fourth-order valence-electron chi connectivity index (χ4n) is 4.10. The van der Waals surface area contributed by atoms with Gasteiger partial charge in [0.25, 0.3) is 0 Å².